The Morgan fingerprint density at radius 2 is 2.55 bits per heavy atom. The highest BCUT2D eigenvalue weighted by molar-refractivity contribution is 5.46. The van der Waals surface area contributed by atoms with Crippen LogP contribution in [0.4, 0.5) is 0 Å². The van der Waals surface area contributed by atoms with Crippen molar-refractivity contribution in [1.29, 1.82) is 0 Å². The fourth-order valence-corrected chi connectivity index (χ4v) is 0.704. The zero-order chi connectivity index (χ0) is 8.10. The molecule has 0 N–H and O–H groups in total. The first-order valence-corrected chi connectivity index (χ1v) is 3.23. The van der Waals surface area contributed by atoms with Crippen LogP contribution in [0, 0.1) is 0 Å². The van der Waals surface area contributed by atoms with Crippen LogP contribution >= 0.6 is 0 Å². The number of amides is 1. The van der Waals surface area contributed by atoms with Crippen molar-refractivity contribution in [2.45, 2.75) is 6.54 Å². The summed E-state index contributed by atoms with van der Waals surface area (Å²) < 4.78 is 0. The third-order valence-corrected chi connectivity index (χ3v) is 1.23. The van der Waals surface area contributed by atoms with Crippen LogP contribution in [0.5, 0.6) is 0 Å². The van der Waals surface area contributed by atoms with Crippen LogP contribution < -0.4 is 0 Å². The molecule has 0 aliphatic carbocycles. The summed E-state index contributed by atoms with van der Waals surface area (Å²) in [7, 11) is 1.70. The highest BCUT2D eigenvalue weighted by Gasteiger charge is 1.95. The van der Waals surface area contributed by atoms with Crippen molar-refractivity contribution >= 4 is 6.41 Å². The van der Waals surface area contributed by atoms with E-state index in [1.54, 1.807) is 19.3 Å². The fraction of sp³-hybridized carbons (Fsp3) is 0.286. The molecule has 1 amide bonds. The maximum absolute atomic E-state index is 10.2. The van der Waals surface area contributed by atoms with E-state index in [0.29, 0.717) is 6.54 Å². The molecule has 0 atom stereocenters. The van der Waals surface area contributed by atoms with Gasteiger partial charge < -0.3 is 4.90 Å². The molecule has 58 valence electrons. The van der Waals surface area contributed by atoms with Gasteiger partial charge in [-0.15, -0.1) is 0 Å². The van der Waals surface area contributed by atoms with E-state index in [-0.39, 0.29) is 0 Å². The minimum absolute atomic E-state index is 0.534. The summed E-state index contributed by atoms with van der Waals surface area (Å²) in [6.07, 6.45) is 3.89. The molecule has 1 rings (SSSR count). The van der Waals surface area contributed by atoms with E-state index in [0.717, 1.165) is 12.1 Å². The van der Waals surface area contributed by atoms with E-state index in [9.17, 15) is 4.79 Å². The monoisotopic (exact) mass is 151 g/mol. The molecule has 0 aromatic carbocycles. The van der Waals surface area contributed by atoms with E-state index in [4.69, 9.17) is 0 Å². The lowest BCUT2D eigenvalue weighted by Crippen LogP contribution is -2.15. The first-order chi connectivity index (χ1) is 5.33. The smallest absolute Gasteiger partial charge is 0.209 e. The summed E-state index contributed by atoms with van der Waals surface area (Å²) in [6, 6.07) is 1.78. The Hall–Kier alpha value is -1.45. The van der Waals surface area contributed by atoms with E-state index >= 15 is 0 Å². The van der Waals surface area contributed by atoms with Crippen LogP contribution in [0.1, 0.15) is 5.69 Å². The highest BCUT2D eigenvalue weighted by Crippen LogP contribution is 1.93. The third-order valence-electron chi connectivity index (χ3n) is 1.23. The van der Waals surface area contributed by atoms with Gasteiger partial charge in [0.15, 0.2) is 0 Å². The lowest BCUT2D eigenvalue weighted by atomic mass is 10.4. The topological polar surface area (TPSA) is 46.1 Å². The number of carbonyl (C=O) groups excluding carboxylic acids is 1. The molecule has 0 aliphatic heterocycles. The quantitative estimate of drug-likeness (QED) is 0.574. The summed E-state index contributed by atoms with van der Waals surface area (Å²) in [5.41, 5.74) is 0.842. The van der Waals surface area contributed by atoms with Crippen LogP contribution in [-0.4, -0.2) is 28.3 Å². The van der Waals surface area contributed by atoms with Gasteiger partial charge in [0.05, 0.1) is 12.2 Å². The maximum atomic E-state index is 10.2. The van der Waals surface area contributed by atoms with Gasteiger partial charge in [0.2, 0.25) is 6.41 Å². The molecule has 11 heavy (non-hydrogen) atoms. The first-order valence-electron chi connectivity index (χ1n) is 3.23. The maximum Gasteiger partial charge on any atom is 0.209 e. The van der Waals surface area contributed by atoms with Crippen LogP contribution in [0.15, 0.2) is 18.6 Å². The minimum atomic E-state index is 0.534. The number of hydrogen-bond acceptors (Lipinski definition) is 3. The molecule has 1 heterocycles. The molecule has 0 bridgehead atoms. The van der Waals surface area contributed by atoms with Gasteiger partial charge in [0.1, 0.15) is 6.33 Å². The zero-order valence-corrected chi connectivity index (χ0v) is 6.27. The molecule has 0 unspecified atom stereocenters. The second-order valence-corrected chi connectivity index (χ2v) is 2.22. The molecule has 1 aromatic rings. The summed E-state index contributed by atoms with van der Waals surface area (Å²) in [5, 5.41) is 0. The Kier molecular flexibility index (Phi) is 2.54. The van der Waals surface area contributed by atoms with Gasteiger partial charge in [0, 0.05) is 13.2 Å². The van der Waals surface area contributed by atoms with Gasteiger partial charge in [-0.05, 0) is 6.07 Å². The van der Waals surface area contributed by atoms with E-state index in [2.05, 4.69) is 9.97 Å². The Morgan fingerprint density at radius 3 is 3.09 bits per heavy atom. The summed E-state index contributed by atoms with van der Waals surface area (Å²) in [4.78, 5) is 19.4. The van der Waals surface area contributed by atoms with E-state index in [1.807, 2.05) is 0 Å². The van der Waals surface area contributed by atoms with Crippen molar-refractivity contribution in [3.05, 3.63) is 24.3 Å². The number of carbonyl (C=O) groups is 1. The molecule has 0 radical (unpaired) electrons. The lowest BCUT2D eigenvalue weighted by molar-refractivity contribution is -0.117. The van der Waals surface area contributed by atoms with Crippen molar-refractivity contribution in [1.82, 2.24) is 14.9 Å². The first kappa shape index (κ1) is 7.65. The van der Waals surface area contributed by atoms with Crippen molar-refractivity contribution in [2.24, 2.45) is 0 Å². The SMILES string of the molecule is CN(C=O)Cc1ccncn1. The van der Waals surface area contributed by atoms with Gasteiger partial charge in [-0.3, -0.25) is 4.79 Å². The number of hydrogen-bond donors (Lipinski definition) is 0. The number of rotatable bonds is 3. The molecule has 1 aromatic heterocycles. The minimum Gasteiger partial charge on any atom is -0.342 e. The third kappa shape index (κ3) is 2.33. The molecule has 0 saturated heterocycles. The molecule has 0 spiro atoms. The molecule has 0 fully saturated rings. The Bertz CT molecular complexity index is 224. The average Bonchev–Trinajstić information content (AvgIpc) is 2.06. The lowest BCUT2D eigenvalue weighted by Gasteiger charge is -2.07. The van der Waals surface area contributed by atoms with E-state index < -0.39 is 0 Å². The summed E-state index contributed by atoms with van der Waals surface area (Å²) >= 11 is 0. The molecule has 0 aliphatic rings. The highest BCUT2D eigenvalue weighted by atomic mass is 16.1. The molecule has 4 heteroatoms. The predicted molar refractivity (Wildman–Crippen MR) is 39.6 cm³/mol. The van der Waals surface area contributed by atoms with Crippen molar-refractivity contribution < 1.29 is 4.79 Å². The van der Waals surface area contributed by atoms with Gasteiger partial charge >= 0.3 is 0 Å². The second kappa shape index (κ2) is 3.65. The van der Waals surface area contributed by atoms with Crippen LogP contribution in [-0.2, 0) is 11.3 Å². The number of nitrogens with zero attached hydrogens (tertiary/aromatic N) is 3. The van der Waals surface area contributed by atoms with Crippen LogP contribution in [0.25, 0.3) is 0 Å². The Labute approximate surface area is 64.9 Å². The molecule has 0 saturated carbocycles. The zero-order valence-electron chi connectivity index (χ0n) is 6.27. The molecular weight excluding hydrogens is 142 g/mol. The summed E-state index contributed by atoms with van der Waals surface area (Å²) in [5.74, 6) is 0. The largest absolute Gasteiger partial charge is 0.342 e. The number of aromatic nitrogens is 2. The summed E-state index contributed by atoms with van der Waals surface area (Å²) in [6.45, 7) is 0.534. The van der Waals surface area contributed by atoms with Crippen LogP contribution in [0.2, 0.25) is 0 Å². The predicted octanol–water partition coefficient (Wildman–Crippen LogP) is 0.0648. The fourth-order valence-electron chi connectivity index (χ4n) is 0.704. The standard InChI is InChI=1S/C7H9N3O/c1-10(6-11)4-7-2-3-8-5-9-7/h2-3,5-6H,4H2,1H3. The van der Waals surface area contributed by atoms with E-state index in [1.165, 1.54) is 11.2 Å². The van der Waals surface area contributed by atoms with Gasteiger partial charge in [-0.25, -0.2) is 9.97 Å². The normalized spacial score (nSPS) is 9.18. The van der Waals surface area contributed by atoms with Crippen molar-refractivity contribution in [3.63, 3.8) is 0 Å². The van der Waals surface area contributed by atoms with Gasteiger partial charge in [-0.1, -0.05) is 0 Å². The average molecular weight is 151 g/mol. The van der Waals surface area contributed by atoms with Crippen LogP contribution in [0.3, 0.4) is 0 Å². The molecular formula is C7H9N3O. The van der Waals surface area contributed by atoms with Gasteiger partial charge in [-0.2, -0.15) is 0 Å². The van der Waals surface area contributed by atoms with Crippen molar-refractivity contribution in [3.8, 4) is 0 Å². The Balaban J connectivity index is 2.57. The van der Waals surface area contributed by atoms with Crippen molar-refractivity contribution in [2.75, 3.05) is 7.05 Å². The van der Waals surface area contributed by atoms with Gasteiger partial charge in [0.25, 0.3) is 0 Å². The molecule has 4 nitrogen and oxygen atoms in total. The second-order valence-electron chi connectivity index (χ2n) is 2.22. The Morgan fingerprint density at radius 1 is 1.73 bits per heavy atom.